The van der Waals surface area contributed by atoms with E-state index < -0.39 is 0 Å². The zero-order chi connectivity index (χ0) is 13.7. The van der Waals surface area contributed by atoms with Crippen LogP contribution in [0.3, 0.4) is 0 Å². The molecule has 1 atom stereocenters. The molecule has 1 N–H and O–H groups in total. The van der Waals surface area contributed by atoms with E-state index in [9.17, 15) is 4.39 Å². The topological polar surface area (TPSA) is 12.0 Å². The van der Waals surface area contributed by atoms with Crippen LogP contribution in [0.2, 0.25) is 0 Å². The van der Waals surface area contributed by atoms with E-state index in [2.05, 4.69) is 19.2 Å². The van der Waals surface area contributed by atoms with Crippen molar-refractivity contribution >= 4 is 0 Å². The Balaban J connectivity index is 2.11. The molecule has 0 heterocycles. The van der Waals surface area contributed by atoms with Crippen molar-refractivity contribution in [1.29, 1.82) is 0 Å². The molecule has 0 radical (unpaired) electrons. The Bertz CT molecular complexity index is 396. The summed E-state index contributed by atoms with van der Waals surface area (Å²) >= 11 is 0. The van der Waals surface area contributed by atoms with Gasteiger partial charge in [0.05, 0.1) is 0 Å². The fourth-order valence-electron chi connectivity index (χ4n) is 3.30. The molecule has 19 heavy (non-hydrogen) atoms. The molecule has 0 saturated heterocycles. The maximum atomic E-state index is 13.9. The third-order valence-electron chi connectivity index (χ3n) is 4.61. The lowest BCUT2D eigenvalue weighted by molar-refractivity contribution is 0.218. The van der Waals surface area contributed by atoms with Crippen LogP contribution in [-0.2, 0) is 6.42 Å². The zero-order valence-electron chi connectivity index (χ0n) is 12.2. The Morgan fingerprint density at radius 1 is 1.26 bits per heavy atom. The van der Waals surface area contributed by atoms with Gasteiger partial charge in [-0.3, -0.25) is 0 Å². The lowest BCUT2D eigenvalue weighted by Gasteiger charge is -2.35. The minimum atomic E-state index is -0.0626. The monoisotopic (exact) mass is 263 g/mol. The second-order valence-electron chi connectivity index (χ2n) is 6.16. The molecule has 0 aliphatic heterocycles. The molecular weight excluding hydrogens is 237 g/mol. The average Bonchev–Trinajstić information content (AvgIpc) is 2.84. The minimum Gasteiger partial charge on any atom is -0.313 e. The van der Waals surface area contributed by atoms with Crippen molar-refractivity contribution in [3.63, 3.8) is 0 Å². The predicted molar refractivity (Wildman–Crippen MR) is 78.8 cm³/mol. The Labute approximate surface area is 116 Å². The van der Waals surface area contributed by atoms with Crippen molar-refractivity contribution in [1.82, 2.24) is 5.32 Å². The number of rotatable bonds is 6. The highest BCUT2D eigenvalue weighted by Gasteiger charge is 2.36. The van der Waals surface area contributed by atoms with Gasteiger partial charge in [0.1, 0.15) is 5.82 Å². The van der Waals surface area contributed by atoms with Gasteiger partial charge in [-0.05, 0) is 49.3 Å². The van der Waals surface area contributed by atoms with E-state index in [0.717, 1.165) is 24.9 Å². The van der Waals surface area contributed by atoms with Crippen molar-refractivity contribution in [2.45, 2.75) is 58.4 Å². The van der Waals surface area contributed by atoms with E-state index in [1.165, 1.54) is 25.7 Å². The van der Waals surface area contributed by atoms with Crippen LogP contribution in [0.25, 0.3) is 0 Å². The molecule has 1 aromatic carbocycles. The molecule has 0 amide bonds. The van der Waals surface area contributed by atoms with Gasteiger partial charge in [0, 0.05) is 6.04 Å². The van der Waals surface area contributed by atoms with Crippen molar-refractivity contribution in [2.75, 3.05) is 6.54 Å². The van der Waals surface area contributed by atoms with E-state index in [0.29, 0.717) is 11.5 Å². The third-order valence-corrected chi connectivity index (χ3v) is 4.61. The van der Waals surface area contributed by atoms with Gasteiger partial charge in [0.2, 0.25) is 0 Å². The average molecular weight is 263 g/mol. The summed E-state index contributed by atoms with van der Waals surface area (Å²) in [6.07, 6.45) is 7.11. The Hall–Kier alpha value is -0.890. The predicted octanol–water partition coefficient (Wildman–Crippen LogP) is 4.32. The first-order valence-corrected chi connectivity index (χ1v) is 7.62. The van der Waals surface area contributed by atoms with E-state index in [1.807, 2.05) is 12.1 Å². The van der Waals surface area contributed by atoms with Gasteiger partial charge in [-0.2, -0.15) is 0 Å². The highest BCUT2D eigenvalue weighted by molar-refractivity contribution is 5.19. The standard InChI is InChI=1S/C17H26FN/c1-3-12-19-16(17(2)10-6-7-11-17)13-14-8-4-5-9-15(14)18/h4-5,8-9,16,19H,3,6-7,10-13H2,1-2H3. The first-order chi connectivity index (χ1) is 9.15. The van der Waals surface area contributed by atoms with Gasteiger partial charge in [0.15, 0.2) is 0 Å². The Kier molecular flexibility index (Phi) is 4.98. The third kappa shape index (κ3) is 3.56. The lowest BCUT2D eigenvalue weighted by atomic mass is 9.77. The summed E-state index contributed by atoms with van der Waals surface area (Å²) in [7, 11) is 0. The molecule has 2 heteroatoms. The maximum absolute atomic E-state index is 13.9. The molecule has 0 aromatic heterocycles. The summed E-state index contributed by atoms with van der Waals surface area (Å²) in [4.78, 5) is 0. The normalized spacial score (nSPS) is 19.5. The zero-order valence-corrected chi connectivity index (χ0v) is 12.2. The number of hydrogen-bond donors (Lipinski definition) is 1. The molecule has 1 aromatic rings. The van der Waals surface area contributed by atoms with Crippen molar-refractivity contribution in [3.05, 3.63) is 35.6 Å². The number of halogens is 1. The van der Waals surface area contributed by atoms with Crippen molar-refractivity contribution < 1.29 is 4.39 Å². The van der Waals surface area contributed by atoms with Crippen LogP contribution in [0.4, 0.5) is 4.39 Å². The number of hydrogen-bond acceptors (Lipinski definition) is 1. The molecule has 1 unspecified atom stereocenters. The first kappa shape index (κ1) is 14.5. The summed E-state index contributed by atoms with van der Waals surface area (Å²) in [5.74, 6) is -0.0626. The van der Waals surface area contributed by atoms with Crippen molar-refractivity contribution in [3.8, 4) is 0 Å². The fourth-order valence-corrected chi connectivity index (χ4v) is 3.30. The van der Waals surface area contributed by atoms with Gasteiger partial charge >= 0.3 is 0 Å². The fraction of sp³-hybridized carbons (Fsp3) is 0.647. The van der Waals surface area contributed by atoms with Gasteiger partial charge in [-0.15, -0.1) is 0 Å². The highest BCUT2D eigenvalue weighted by atomic mass is 19.1. The van der Waals surface area contributed by atoms with Crippen LogP contribution in [0.1, 0.15) is 51.5 Å². The summed E-state index contributed by atoms with van der Waals surface area (Å²) in [5, 5.41) is 3.66. The summed E-state index contributed by atoms with van der Waals surface area (Å²) in [5.41, 5.74) is 1.18. The van der Waals surface area contributed by atoms with Gasteiger partial charge < -0.3 is 5.32 Å². The van der Waals surface area contributed by atoms with E-state index >= 15 is 0 Å². The highest BCUT2D eigenvalue weighted by Crippen LogP contribution is 2.41. The smallest absolute Gasteiger partial charge is 0.126 e. The number of nitrogens with one attached hydrogen (secondary N) is 1. The molecule has 0 bridgehead atoms. The maximum Gasteiger partial charge on any atom is 0.126 e. The molecule has 2 rings (SSSR count). The molecule has 1 aliphatic rings. The van der Waals surface area contributed by atoms with Crippen LogP contribution >= 0.6 is 0 Å². The first-order valence-electron chi connectivity index (χ1n) is 7.62. The van der Waals surface area contributed by atoms with E-state index in [-0.39, 0.29) is 5.82 Å². The second-order valence-corrected chi connectivity index (χ2v) is 6.16. The number of benzene rings is 1. The molecule has 1 nitrogen and oxygen atoms in total. The molecular formula is C17H26FN. The van der Waals surface area contributed by atoms with Crippen LogP contribution in [0.15, 0.2) is 24.3 Å². The molecule has 1 fully saturated rings. The Morgan fingerprint density at radius 3 is 2.58 bits per heavy atom. The molecule has 106 valence electrons. The summed E-state index contributed by atoms with van der Waals surface area (Å²) < 4.78 is 13.9. The Morgan fingerprint density at radius 2 is 1.95 bits per heavy atom. The summed E-state index contributed by atoms with van der Waals surface area (Å²) in [6.45, 7) is 5.58. The van der Waals surface area contributed by atoms with Crippen LogP contribution < -0.4 is 5.32 Å². The van der Waals surface area contributed by atoms with Crippen molar-refractivity contribution in [2.24, 2.45) is 5.41 Å². The molecule has 0 spiro atoms. The largest absolute Gasteiger partial charge is 0.313 e. The van der Waals surface area contributed by atoms with Crippen LogP contribution in [0, 0.1) is 11.2 Å². The SMILES string of the molecule is CCCNC(Cc1ccccc1F)C1(C)CCCC1. The molecule has 1 saturated carbocycles. The quantitative estimate of drug-likeness (QED) is 0.806. The van der Waals surface area contributed by atoms with E-state index in [1.54, 1.807) is 12.1 Å². The van der Waals surface area contributed by atoms with Gasteiger partial charge in [0.25, 0.3) is 0 Å². The second kappa shape index (κ2) is 6.51. The lowest BCUT2D eigenvalue weighted by Crippen LogP contribution is -2.44. The van der Waals surface area contributed by atoms with E-state index in [4.69, 9.17) is 0 Å². The minimum absolute atomic E-state index is 0.0626. The summed E-state index contributed by atoms with van der Waals surface area (Å²) in [6, 6.07) is 7.60. The molecule has 1 aliphatic carbocycles. The van der Waals surface area contributed by atoms with Gasteiger partial charge in [-0.25, -0.2) is 4.39 Å². The van der Waals surface area contributed by atoms with Gasteiger partial charge in [-0.1, -0.05) is 44.9 Å². The van der Waals surface area contributed by atoms with Crippen LogP contribution in [0.5, 0.6) is 0 Å². The van der Waals surface area contributed by atoms with Crippen LogP contribution in [-0.4, -0.2) is 12.6 Å².